The Balaban J connectivity index is 3.20. The van der Waals surface area contributed by atoms with Crippen molar-refractivity contribution >= 4 is 22.9 Å². The molecular formula is C9H10N2O4S. The number of amides is 2. The van der Waals surface area contributed by atoms with Crippen molar-refractivity contribution in [3.63, 3.8) is 0 Å². The molecule has 1 atom stereocenters. The second-order valence-electron chi connectivity index (χ2n) is 3.06. The average molecular weight is 242 g/mol. The fourth-order valence-electron chi connectivity index (χ4n) is 1.27. The van der Waals surface area contributed by atoms with Crippen LogP contribution < -0.4 is 11.5 Å². The molecule has 0 aliphatic carbocycles. The fourth-order valence-corrected chi connectivity index (χ4v) is 1.70. The minimum absolute atomic E-state index is 0.0741. The van der Waals surface area contributed by atoms with Crippen molar-refractivity contribution in [2.24, 2.45) is 11.5 Å². The second kappa shape index (κ2) is 4.86. The summed E-state index contributed by atoms with van der Waals surface area (Å²) in [6.45, 7) is 0. The van der Waals surface area contributed by atoms with Crippen LogP contribution in [0.4, 0.5) is 0 Å². The molecule has 6 nitrogen and oxygen atoms in total. The molecule has 0 aromatic heterocycles. The van der Waals surface area contributed by atoms with E-state index in [0.29, 0.717) is 0 Å². The number of rotatable bonds is 4. The normalized spacial score (nSPS) is 12.4. The summed E-state index contributed by atoms with van der Waals surface area (Å²) >= 11 is -2.19. The standard InChI is InChI=1S/C9H10N2O4S/c10-8(12)7(9(11)13)5-2-1-3-6(4-5)16(14)15/h1-4,7H,(H2,10,12)(H2,11,13)(H,14,15). The van der Waals surface area contributed by atoms with Crippen LogP contribution in [-0.4, -0.2) is 20.6 Å². The molecule has 5 N–H and O–H groups in total. The van der Waals surface area contributed by atoms with Crippen LogP contribution in [0.5, 0.6) is 0 Å². The van der Waals surface area contributed by atoms with Gasteiger partial charge in [0.25, 0.3) is 0 Å². The maximum atomic E-state index is 11.0. The molecule has 1 aromatic carbocycles. The van der Waals surface area contributed by atoms with Gasteiger partial charge in [-0.1, -0.05) is 12.1 Å². The van der Waals surface area contributed by atoms with E-state index in [1.54, 1.807) is 0 Å². The highest BCUT2D eigenvalue weighted by Gasteiger charge is 2.24. The van der Waals surface area contributed by atoms with Crippen LogP contribution in [0.25, 0.3) is 0 Å². The maximum absolute atomic E-state index is 11.0. The monoisotopic (exact) mass is 242 g/mol. The van der Waals surface area contributed by atoms with Gasteiger partial charge in [0.05, 0.1) is 4.90 Å². The van der Waals surface area contributed by atoms with E-state index in [2.05, 4.69) is 0 Å². The molecule has 86 valence electrons. The zero-order valence-electron chi connectivity index (χ0n) is 8.12. The first-order valence-corrected chi connectivity index (χ1v) is 5.33. The van der Waals surface area contributed by atoms with Crippen molar-refractivity contribution in [1.82, 2.24) is 0 Å². The lowest BCUT2D eigenvalue weighted by Gasteiger charge is -2.10. The van der Waals surface area contributed by atoms with Crippen molar-refractivity contribution < 1.29 is 18.4 Å². The summed E-state index contributed by atoms with van der Waals surface area (Å²) < 4.78 is 19.6. The number of carbonyl (C=O) groups excluding carboxylic acids is 2. The molecule has 7 heteroatoms. The van der Waals surface area contributed by atoms with Crippen LogP contribution in [0.15, 0.2) is 29.2 Å². The van der Waals surface area contributed by atoms with Crippen LogP contribution in [0, 0.1) is 0 Å². The first-order chi connectivity index (χ1) is 7.43. The largest absolute Gasteiger partial charge is 0.369 e. The van der Waals surface area contributed by atoms with Gasteiger partial charge >= 0.3 is 0 Å². The summed E-state index contributed by atoms with van der Waals surface area (Å²) in [5.41, 5.74) is 10.2. The zero-order valence-corrected chi connectivity index (χ0v) is 8.94. The van der Waals surface area contributed by atoms with Gasteiger partial charge in [-0.3, -0.25) is 9.59 Å². The Morgan fingerprint density at radius 2 is 1.81 bits per heavy atom. The number of primary amides is 2. The lowest BCUT2D eigenvalue weighted by Crippen LogP contribution is -2.33. The lowest BCUT2D eigenvalue weighted by molar-refractivity contribution is -0.128. The topological polar surface area (TPSA) is 123 Å². The molecule has 1 aromatic rings. The van der Waals surface area contributed by atoms with Crippen LogP contribution in [0.3, 0.4) is 0 Å². The summed E-state index contributed by atoms with van der Waals surface area (Å²) in [5, 5.41) is 0. The van der Waals surface area contributed by atoms with Gasteiger partial charge in [-0.2, -0.15) is 0 Å². The van der Waals surface area contributed by atoms with E-state index in [9.17, 15) is 13.8 Å². The van der Waals surface area contributed by atoms with Gasteiger partial charge in [0.15, 0.2) is 11.1 Å². The molecule has 0 heterocycles. The predicted molar refractivity (Wildman–Crippen MR) is 56.6 cm³/mol. The summed E-state index contributed by atoms with van der Waals surface area (Å²) in [6, 6.07) is 5.52. The van der Waals surface area contributed by atoms with Gasteiger partial charge in [0.2, 0.25) is 11.8 Å². The molecule has 0 bridgehead atoms. The fraction of sp³-hybridized carbons (Fsp3) is 0.111. The first kappa shape index (κ1) is 12.3. The third kappa shape index (κ3) is 2.65. The van der Waals surface area contributed by atoms with E-state index < -0.39 is 28.8 Å². The van der Waals surface area contributed by atoms with Gasteiger partial charge in [-0.15, -0.1) is 0 Å². The summed E-state index contributed by atoms with van der Waals surface area (Å²) in [4.78, 5) is 22.1. The maximum Gasteiger partial charge on any atom is 0.234 e. The van der Waals surface area contributed by atoms with Gasteiger partial charge in [0, 0.05) is 0 Å². The number of hydrogen-bond donors (Lipinski definition) is 3. The van der Waals surface area contributed by atoms with Crippen LogP contribution in [-0.2, 0) is 20.7 Å². The van der Waals surface area contributed by atoms with Crippen molar-refractivity contribution in [2.45, 2.75) is 10.8 Å². The molecule has 2 amide bonds. The molecule has 16 heavy (non-hydrogen) atoms. The number of nitrogens with two attached hydrogens (primary N) is 2. The summed E-state index contributed by atoms with van der Waals surface area (Å²) in [5.74, 6) is -3.08. The smallest absolute Gasteiger partial charge is 0.234 e. The van der Waals surface area contributed by atoms with E-state index in [1.165, 1.54) is 24.3 Å². The minimum Gasteiger partial charge on any atom is -0.369 e. The molecule has 1 rings (SSSR count). The van der Waals surface area contributed by atoms with Crippen molar-refractivity contribution in [3.8, 4) is 0 Å². The molecule has 0 radical (unpaired) electrons. The first-order valence-electron chi connectivity index (χ1n) is 4.23. The molecule has 0 aliphatic heterocycles. The highest BCUT2D eigenvalue weighted by atomic mass is 32.2. The molecule has 0 aliphatic rings. The second-order valence-corrected chi connectivity index (χ2v) is 4.03. The Bertz CT molecular complexity index is 447. The number of hydrogen-bond acceptors (Lipinski definition) is 3. The van der Waals surface area contributed by atoms with Crippen molar-refractivity contribution in [1.29, 1.82) is 0 Å². The zero-order chi connectivity index (χ0) is 12.3. The molecular weight excluding hydrogens is 232 g/mol. The molecule has 0 fully saturated rings. The molecule has 0 spiro atoms. The summed E-state index contributed by atoms with van der Waals surface area (Å²) in [7, 11) is 0. The van der Waals surface area contributed by atoms with Crippen LogP contribution in [0.2, 0.25) is 0 Å². The number of carbonyl (C=O) groups is 2. The summed E-state index contributed by atoms with van der Waals surface area (Å²) in [6.07, 6.45) is 0. The van der Waals surface area contributed by atoms with Crippen molar-refractivity contribution in [2.75, 3.05) is 0 Å². The van der Waals surface area contributed by atoms with Gasteiger partial charge in [-0.25, -0.2) is 4.21 Å². The van der Waals surface area contributed by atoms with Crippen molar-refractivity contribution in [3.05, 3.63) is 29.8 Å². The molecule has 1 unspecified atom stereocenters. The third-order valence-electron chi connectivity index (χ3n) is 1.96. The minimum atomic E-state index is -2.19. The van der Waals surface area contributed by atoms with Gasteiger partial charge in [-0.05, 0) is 17.7 Å². The highest BCUT2D eigenvalue weighted by Crippen LogP contribution is 2.18. The Kier molecular flexibility index (Phi) is 3.75. The molecule has 0 saturated carbocycles. The third-order valence-corrected chi connectivity index (χ3v) is 2.62. The average Bonchev–Trinajstić information content (AvgIpc) is 2.16. The lowest BCUT2D eigenvalue weighted by atomic mass is 9.98. The SMILES string of the molecule is NC(=O)C(C(N)=O)c1cccc(S(=O)O)c1. The molecule has 0 saturated heterocycles. The van der Waals surface area contributed by atoms with Crippen LogP contribution >= 0.6 is 0 Å². The Labute approximate surface area is 93.9 Å². The predicted octanol–water partition coefficient (Wildman–Crippen LogP) is -0.679. The van der Waals surface area contributed by atoms with E-state index in [4.69, 9.17) is 16.0 Å². The van der Waals surface area contributed by atoms with E-state index in [0.717, 1.165) is 0 Å². The van der Waals surface area contributed by atoms with E-state index in [-0.39, 0.29) is 10.5 Å². The highest BCUT2D eigenvalue weighted by molar-refractivity contribution is 7.79. The number of benzene rings is 1. The quantitative estimate of drug-likeness (QED) is 0.478. The van der Waals surface area contributed by atoms with Crippen LogP contribution in [0.1, 0.15) is 11.5 Å². The van der Waals surface area contributed by atoms with Gasteiger partial charge in [0.1, 0.15) is 5.92 Å². The Hall–Kier alpha value is -1.73. The Morgan fingerprint density at radius 3 is 2.25 bits per heavy atom. The van der Waals surface area contributed by atoms with E-state index in [1.807, 2.05) is 0 Å². The Morgan fingerprint density at radius 1 is 1.25 bits per heavy atom. The van der Waals surface area contributed by atoms with Gasteiger partial charge < -0.3 is 16.0 Å². The van der Waals surface area contributed by atoms with E-state index >= 15 is 0 Å².